The summed E-state index contributed by atoms with van der Waals surface area (Å²) in [5.74, 6) is 0.199. The number of Topliss-reactive ketones (excluding diaryl/α,β-unsaturated/α-hetero) is 1. The zero-order valence-corrected chi connectivity index (χ0v) is 9.90. The van der Waals surface area contributed by atoms with Gasteiger partial charge in [-0.15, -0.1) is 22.7 Å². The third kappa shape index (κ3) is 2.94. The molecular weight excluding hydrogens is 228 g/mol. The summed E-state index contributed by atoms with van der Waals surface area (Å²) in [4.78, 5) is 20.9. The first-order valence-corrected chi connectivity index (χ1v) is 6.30. The van der Waals surface area contributed by atoms with Crippen molar-refractivity contribution in [1.29, 1.82) is 0 Å². The zero-order chi connectivity index (χ0) is 10.7. The van der Waals surface area contributed by atoms with Crippen LogP contribution in [0.15, 0.2) is 17.1 Å². The van der Waals surface area contributed by atoms with Crippen LogP contribution in [0.3, 0.4) is 0 Å². The van der Waals surface area contributed by atoms with E-state index in [1.54, 1.807) is 23.0 Å². The molecule has 5 heteroatoms. The number of hydrogen-bond donors (Lipinski definition) is 0. The number of aromatic nitrogens is 2. The largest absolute Gasteiger partial charge is 0.299 e. The number of carbonyl (C=O) groups is 1. The van der Waals surface area contributed by atoms with E-state index < -0.39 is 0 Å². The number of aryl methyl sites for hydroxylation is 1. The lowest BCUT2D eigenvalue weighted by Crippen LogP contribution is -2.05. The second-order valence-electron chi connectivity index (χ2n) is 3.22. The second kappa shape index (κ2) is 4.63. The van der Waals surface area contributed by atoms with Crippen LogP contribution < -0.4 is 0 Å². The van der Waals surface area contributed by atoms with Gasteiger partial charge in [-0.2, -0.15) is 0 Å². The van der Waals surface area contributed by atoms with Gasteiger partial charge in [0, 0.05) is 29.3 Å². The van der Waals surface area contributed by atoms with Crippen LogP contribution in [0.1, 0.15) is 15.6 Å². The number of thiazole rings is 2. The molecule has 0 saturated carbocycles. The first-order chi connectivity index (χ1) is 7.24. The lowest BCUT2D eigenvalue weighted by Gasteiger charge is -1.94. The van der Waals surface area contributed by atoms with Gasteiger partial charge >= 0.3 is 0 Å². The fraction of sp³-hybridized carbons (Fsp3) is 0.300. The zero-order valence-electron chi connectivity index (χ0n) is 8.27. The minimum Gasteiger partial charge on any atom is -0.299 e. The molecule has 0 aliphatic carbocycles. The van der Waals surface area contributed by atoms with Crippen LogP contribution in [0.25, 0.3) is 0 Å². The summed E-state index contributed by atoms with van der Waals surface area (Å²) in [6.45, 7) is 1.95. The van der Waals surface area contributed by atoms with Crippen molar-refractivity contribution in [3.63, 3.8) is 0 Å². The van der Waals surface area contributed by atoms with Gasteiger partial charge in [-0.25, -0.2) is 4.98 Å². The summed E-state index contributed by atoms with van der Waals surface area (Å²) in [5.41, 5.74) is 2.63. The molecule has 2 aromatic rings. The fourth-order valence-electron chi connectivity index (χ4n) is 1.28. The molecule has 2 rings (SSSR count). The van der Waals surface area contributed by atoms with Gasteiger partial charge in [-0.05, 0) is 6.92 Å². The normalized spacial score (nSPS) is 10.5. The molecule has 0 atom stereocenters. The maximum absolute atomic E-state index is 11.6. The molecule has 0 fully saturated rings. The summed E-state index contributed by atoms with van der Waals surface area (Å²) >= 11 is 3.10. The minimum atomic E-state index is 0.199. The first kappa shape index (κ1) is 10.4. The van der Waals surface area contributed by atoms with Crippen LogP contribution >= 0.6 is 22.7 Å². The Morgan fingerprint density at radius 1 is 1.40 bits per heavy atom. The van der Waals surface area contributed by atoms with E-state index >= 15 is 0 Å². The van der Waals surface area contributed by atoms with Gasteiger partial charge < -0.3 is 0 Å². The average molecular weight is 238 g/mol. The van der Waals surface area contributed by atoms with Crippen molar-refractivity contribution in [2.45, 2.75) is 19.8 Å². The van der Waals surface area contributed by atoms with E-state index in [1.807, 2.05) is 12.3 Å². The maximum atomic E-state index is 11.6. The SMILES string of the molecule is Cc1nc(CC(=O)Cc2cncs2)cs1. The van der Waals surface area contributed by atoms with Crippen LogP contribution in [-0.4, -0.2) is 15.8 Å². The third-order valence-electron chi connectivity index (χ3n) is 1.90. The maximum Gasteiger partial charge on any atom is 0.144 e. The Morgan fingerprint density at radius 3 is 2.87 bits per heavy atom. The van der Waals surface area contributed by atoms with E-state index in [2.05, 4.69) is 9.97 Å². The molecule has 0 aromatic carbocycles. The topological polar surface area (TPSA) is 42.9 Å². The quantitative estimate of drug-likeness (QED) is 0.820. The second-order valence-corrected chi connectivity index (χ2v) is 5.25. The Labute approximate surface area is 95.8 Å². The molecule has 78 valence electrons. The molecular formula is C10H10N2OS2. The van der Waals surface area contributed by atoms with Crippen molar-refractivity contribution in [2.24, 2.45) is 0 Å². The summed E-state index contributed by atoms with van der Waals surface area (Å²) in [5, 5.41) is 2.95. The standard InChI is InChI=1S/C10H10N2OS2/c1-7-12-8(5-14-7)2-9(13)3-10-4-11-6-15-10/h4-6H,2-3H2,1H3. The molecule has 0 unspecified atom stereocenters. The number of rotatable bonds is 4. The van der Waals surface area contributed by atoms with Crippen molar-refractivity contribution in [3.8, 4) is 0 Å². The molecule has 0 N–H and O–H groups in total. The molecule has 0 saturated heterocycles. The first-order valence-electron chi connectivity index (χ1n) is 4.54. The Bertz CT molecular complexity index is 448. The summed E-state index contributed by atoms with van der Waals surface area (Å²) in [6.07, 6.45) is 2.65. The van der Waals surface area contributed by atoms with Crippen molar-refractivity contribution in [1.82, 2.24) is 9.97 Å². The van der Waals surface area contributed by atoms with Gasteiger partial charge in [0.05, 0.1) is 16.2 Å². The van der Waals surface area contributed by atoms with Crippen LogP contribution in [0, 0.1) is 6.92 Å². The molecule has 3 nitrogen and oxygen atoms in total. The molecule has 2 aromatic heterocycles. The van der Waals surface area contributed by atoms with Crippen LogP contribution in [0.5, 0.6) is 0 Å². The molecule has 0 spiro atoms. The van der Waals surface area contributed by atoms with Crippen molar-refractivity contribution in [3.05, 3.63) is 32.7 Å². The highest BCUT2D eigenvalue weighted by Crippen LogP contribution is 2.11. The summed E-state index contributed by atoms with van der Waals surface area (Å²) in [6, 6.07) is 0. The van der Waals surface area contributed by atoms with Gasteiger partial charge in [-0.1, -0.05) is 0 Å². The molecule has 15 heavy (non-hydrogen) atoms. The average Bonchev–Trinajstić information content (AvgIpc) is 2.77. The van der Waals surface area contributed by atoms with E-state index in [0.717, 1.165) is 15.6 Å². The van der Waals surface area contributed by atoms with Gasteiger partial charge in [0.15, 0.2) is 0 Å². The Morgan fingerprint density at radius 2 is 2.27 bits per heavy atom. The predicted molar refractivity (Wildman–Crippen MR) is 61.4 cm³/mol. The van der Waals surface area contributed by atoms with E-state index in [9.17, 15) is 4.79 Å². The molecule has 2 heterocycles. The Hall–Kier alpha value is -1.07. The number of hydrogen-bond acceptors (Lipinski definition) is 5. The van der Waals surface area contributed by atoms with Gasteiger partial charge in [0.2, 0.25) is 0 Å². The highest BCUT2D eigenvalue weighted by molar-refractivity contribution is 7.09. The van der Waals surface area contributed by atoms with Gasteiger partial charge in [-0.3, -0.25) is 9.78 Å². The number of carbonyl (C=O) groups excluding carboxylic acids is 1. The van der Waals surface area contributed by atoms with Crippen molar-refractivity contribution < 1.29 is 4.79 Å². The monoisotopic (exact) mass is 238 g/mol. The summed E-state index contributed by atoms with van der Waals surface area (Å²) in [7, 11) is 0. The van der Waals surface area contributed by atoms with Crippen molar-refractivity contribution >= 4 is 28.5 Å². The molecule has 0 amide bonds. The van der Waals surface area contributed by atoms with E-state index in [-0.39, 0.29) is 5.78 Å². The van der Waals surface area contributed by atoms with Crippen LogP contribution in [0.4, 0.5) is 0 Å². The van der Waals surface area contributed by atoms with Crippen LogP contribution in [-0.2, 0) is 17.6 Å². The third-order valence-corrected chi connectivity index (χ3v) is 3.50. The van der Waals surface area contributed by atoms with Crippen LogP contribution in [0.2, 0.25) is 0 Å². The lowest BCUT2D eigenvalue weighted by molar-refractivity contribution is -0.117. The molecule has 0 radical (unpaired) electrons. The Balaban J connectivity index is 1.93. The van der Waals surface area contributed by atoms with Gasteiger partial charge in [0.25, 0.3) is 0 Å². The Kier molecular flexibility index (Phi) is 3.23. The lowest BCUT2D eigenvalue weighted by atomic mass is 10.2. The molecule has 0 aliphatic heterocycles. The number of ketones is 1. The highest BCUT2D eigenvalue weighted by atomic mass is 32.1. The summed E-state index contributed by atoms with van der Waals surface area (Å²) < 4.78 is 0. The van der Waals surface area contributed by atoms with Crippen molar-refractivity contribution in [2.75, 3.05) is 0 Å². The number of nitrogens with zero attached hydrogens (tertiary/aromatic N) is 2. The van der Waals surface area contributed by atoms with E-state index in [0.29, 0.717) is 12.8 Å². The highest BCUT2D eigenvalue weighted by Gasteiger charge is 2.08. The predicted octanol–water partition coefficient (Wildman–Crippen LogP) is 2.26. The fourth-order valence-corrected chi connectivity index (χ4v) is 2.51. The minimum absolute atomic E-state index is 0.199. The molecule has 0 aliphatic rings. The smallest absolute Gasteiger partial charge is 0.144 e. The molecule has 0 bridgehead atoms. The van der Waals surface area contributed by atoms with E-state index in [4.69, 9.17) is 0 Å². The van der Waals surface area contributed by atoms with Gasteiger partial charge in [0.1, 0.15) is 5.78 Å². The van der Waals surface area contributed by atoms with E-state index in [1.165, 1.54) is 11.3 Å².